The van der Waals surface area contributed by atoms with Gasteiger partial charge in [-0.05, 0) is 46.6 Å². The van der Waals surface area contributed by atoms with Crippen molar-refractivity contribution >= 4 is 39.1 Å². The van der Waals surface area contributed by atoms with E-state index in [1.807, 2.05) is 37.3 Å². The minimum Gasteiger partial charge on any atom is -0.497 e. The van der Waals surface area contributed by atoms with Crippen LogP contribution in [0.2, 0.25) is 0 Å². The Morgan fingerprint density at radius 2 is 2.05 bits per heavy atom. The number of rotatable bonds is 6. The lowest BCUT2D eigenvalue weighted by molar-refractivity contribution is 0.105. The Kier molecular flexibility index (Phi) is 5.59. The predicted molar refractivity (Wildman–Crippen MR) is 89.5 cm³/mol. The molecule has 0 atom stereocenters. The summed E-state index contributed by atoms with van der Waals surface area (Å²) in [6.45, 7) is 2.50. The summed E-state index contributed by atoms with van der Waals surface area (Å²) in [5.74, 6) is 0.745. The van der Waals surface area contributed by atoms with E-state index in [-0.39, 0.29) is 5.78 Å². The molecule has 0 aliphatic rings. The van der Waals surface area contributed by atoms with E-state index in [4.69, 9.17) is 9.47 Å². The van der Waals surface area contributed by atoms with Gasteiger partial charge in [-0.3, -0.25) is 4.79 Å². The molecular weight excluding hydrogens is 352 g/mol. The number of ether oxygens (including phenoxy) is 2. The Balaban J connectivity index is 2.11. The lowest BCUT2D eigenvalue weighted by Gasteiger charge is -1.99. The van der Waals surface area contributed by atoms with Crippen molar-refractivity contribution in [1.82, 2.24) is 0 Å². The van der Waals surface area contributed by atoms with Crippen molar-refractivity contribution < 1.29 is 14.3 Å². The van der Waals surface area contributed by atoms with Crippen LogP contribution in [0.3, 0.4) is 0 Å². The van der Waals surface area contributed by atoms with Gasteiger partial charge in [0.1, 0.15) is 5.75 Å². The molecule has 1 aromatic carbocycles. The Hall–Kier alpha value is -1.59. The molecule has 0 aliphatic carbocycles. The molecule has 0 aliphatic heterocycles. The molecule has 21 heavy (non-hydrogen) atoms. The third-order valence-corrected chi connectivity index (χ3v) is 4.67. The van der Waals surface area contributed by atoms with E-state index in [2.05, 4.69) is 15.9 Å². The number of carbonyl (C=O) groups is 1. The number of ketones is 1. The molecule has 0 spiro atoms. The molecule has 0 N–H and O–H groups in total. The van der Waals surface area contributed by atoms with E-state index in [1.54, 1.807) is 19.3 Å². The van der Waals surface area contributed by atoms with Crippen LogP contribution in [0.25, 0.3) is 6.08 Å². The summed E-state index contributed by atoms with van der Waals surface area (Å²) in [5.41, 5.74) is 0.946. The average molecular weight is 367 g/mol. The second-order valence-electron chi connectivity index (χ2n) is 4.15. The number of halogens is 1. The molecule has 1 aromatic heterocycles. The first kappa shape index (κ1) is 15.8. The van der Waals surface area contributed by atoms with Crippen molar-refractivity contribution in [1.29, 1.82) is 0 Å². The summed E-state index contributed by atoms with van der Waals surface area (Å²) in [6.07, 6.45) is 3.35. The maximum Gasteiger partial charge on any atom is 0.197 e. The Labute approximate surface area is 136 Å². The summed E-state index contributed by atoms with van der Waals surface area (Å²) in [7, 11) is 1.62. The molecule has 110 valence electrons. The number of carbonyl (C=O) groups excluding carboxylic acids is 1. The molecule has 0 saturated carbocycles. The molecule has 0 saturated heterocycles. The van der Waals surface area contributed by atoms with Gasteiger partial charge in [-0.2, -0.15) is 0 Å². The maximum absolute atomic E-state index is 12.2. The molecule has 0 unspecified atom stereocenters. The zero-order valence-corrected chi connectivity index (χ0v) is 14.2. The Morgan fingerprint density at radius 3 is 2.67 bits per heavy atom. The zero-order chi connectivity index (χ0) is 15.2. The average Bonchev–Trinajstić information content (AvgIpc) is 2.86. The largest absolute Gasteiger partial charge is 0.497 e. The van der Waals surface area contributed by atoms with Gasteiger partial charge >= 0.3 is 0 Å². The maximum atomic E-state index is 12.2. The van der Waals surface area contributed by atoms with Gasteiger partial charge < -0.3 is 9.47 Å². The molecule has 1 heterocycles. The highest BCUT2D eigenvalue weighted by atomic mass is 79.9. The lowest BCUT2D eigenvalue weighted by atomic mass is 10.2. The predicted octanol–water partition coefficient (Wildman–Crippen LogP) is 4.81. The van der Waals surface area contributed by atoms with E-state index in [0.717, 1.165) is 20.8 Å². The van der Waals surface area contributed by atoms with Crippen LogP contribution >= 0.6 is 27.3 Å². The highest BCUT2D eigenvalue weighted by molar-refractivity contribution is 9.10. The van der Waals surface area contributed by atoms with Crippen LogP contribution < -0.4 is 9.47 Å². The molecule has 0 bridgehead atoms. The highest BCUT2D eigenvalue weighted by Gasteiger charge is 2.13. The number of benzene rings is 1. The third kappa shape index (κ3) is 4.19. The minimum atomic E-state index is -0.0475. The number of allylic oxidation sites excluding steroid dienone is 1. The number of hydrogen-bond acceptors (Lipinski definition) is 4. The van der Waals surface area contributed by atoms with Gasteiger partial charge in [0.2, 0.25) is 0 Å². The van der Waals surface area contributed by atoms with E-state index in [9.17, 15) is 4.79 Å². The summed E-state index contributed by atoms with van der Waals surface area (Å²) in [5, 5.41) is 0.741. The van der Waals surface area contributed by atoms with Crippen molar-refractivity contribution in [3.8, 4) is 10.8 Å². The summed E-state index contributed by atoms with van der Waals surface area (Å²) < 4.78 is 11.3. The number of thiophene rings is 1. The molecule has 2 rings (SSSR count). The lowest BCUT2D eigenvalue weighted by Crippen LogP contribution is -1.90. The standard InChI is InChI=1S/C16H15BrO3S/c1-3-20-15-10-13(17)16(21-15)14(18)9-6-11-4-7-12(19-2)8-5-11/h4-10H,3H2,1-2H3/b9-6+. The van der Waals surface area contributed by atoms with Crippen molar-refractivity contribution in [3.05, 3.63) is 51.3 Å². The monoisotopic (exact) mass is 366 g/mol. The summed E-state index contributed by atoms with van der Waals surface area (Å²) >= 11 is 4.74. The van der Waals surface area contributed by atoms with Crippen LogP contribution in [0.15, 0.2) is 40.9 Å². The van der Waals surface area contributed by atoms with Crippen LogP contribution in [0.5, 0.6) is 10.8 Å². The fraction of sp³-hybridized carbons (Fsp3) is 0.188. The van der Waals surface area contributed by atoms with E-state index in [1.165, 1.54) is 11.3 Å². The van der Waals surface area contributed by atoms with Crippen LogP contribution in [-0.2, 0) is 0 Å². The normalized spacial score (nSPS) is 10.8. The van der Waals surface area contributed by atoms with Crippen molar-refractivity contribution in [2.75, 3.05) is 13.7 Å². The molecule has 0 radical (unpaired) electrons. The van der Waals surface area contributed by atoms with E-state index < -0.39 is 0 Å². The molecule has 3 nitrogen and oxygen atoms in total. The summed E-state index contributed by atoms with van der Waals surface area (Å²) in [6, 6.07) is 9.34. The summed E-state index contributed by atoms with van der Waals surface area (Å²) in [4.78, 5) is 12.8. The molecule has 0 fully saturated rings. The first-order valence-electron chi connectivity index (χ1n) is 6.42. The van der Waals surface area contributed by atoms with Crippen molar-refractivity contribution in [3.63, 3.8) is 0 Å². The van der Waals surface area contributed by atoms with Crippen LogP contribution in [-0.4, -0.2) is 19.5 Å². The van der Waals surface area contributed by atoms with Gasteiger partial charge in [-0.15, -0.1) is 0 Å². The smallest absolute Gasteiger partial charge is 0.197 e. The molecule has 5 heteroatoms. The third-order valence-electron chi connectivity index (χ3n) is 2.72. The minimum absolute atomic E-state index is 0.0475. The van der Waals surface area contributed by atoms with Crippen molar-refractivity contribution in [2.45, 2.75) is 6.92 Å². The van der Waals surface area contributed by atoms with Gasteiger partial charge in [0.05, 0.1) is 18.6 Å². The highest BCUT2D eigenvalue weighted by Crippen LogP contribution is 2.33. The van der Waals surface area contributed by atoms with Gasteiger partial charge in [-0.25, -0.2) is 0 Å². The van der Waals surface area contributed by atoms with Gasteiger partial charge in [-0.1, -0.05) is 29.5 Å². The van der Waals surface area contributed by atoms with E-state index in [0.29, 0.717) is 11.5 Å². The van der Waals surface area contributed by atoms with Gasteiger partial charge in [0, 0.05) is 10.5 Å². The van der Waals surface area contributed by atoms with Crippen LogP contribution in [0.4, 0.5) is 0 Å². The molecule has 0 amide bonds. The van der Waals surface area contributed by atoms with Crippen molar-refractivity contribution in [2.24, 2.45) is 0 Å². The molecule has 2 aromatic rings. The van der Waals surface area contributed by atoms with E-state index >= 15 is 0 Å². The zero-order valence-electron chi connectivity index (χ0n) is 11.8. The fourth-order valence-electron chi connectivity index (χ4n) is 1.69. The first-order chi connectivity index (χ1) is 10.1. The SMILES string of the molecule is CCOc1cc(Br)c(C(=O)/C=C/c2ccc(OC)cc2)s1. The second-order valence-corrected chi connectivity index (χ2v) is 6.02. The number of hydrogen-bond donors (Lipinski definition) is 0. The fourth-order valence-corrected chi connectivity index (χ4v) is 3.37. The molecular formula is C16H15BrO3S. The second kappa shape index (κ2) is 7.43. The Morgan fingerprint density at radius 1 is 1.33 bits per heavy atom. The van der Waals surface area contributed by atoms with Crippen LogP contribution in [0.1, 0.15) is 22.2 Å². The number of methoxy groups -OCH3 is 1. The first-order valence-corrected chi connectivity index (χ1v) is 8.03. The Bertz CT molecular complexity index is 644. The van der Waals surface area contributed by atoms with Gasteiger partial charge in [0.15, 0.2) is 10.8 Å². The van der Waals surface area contributed by atoms with Gasteiger partial charge in [0.25, 0.3) is 0 Å². The quantitative estimate of drug-likeness (QED) is 0.543. The topological polar surface area (TPSA) is 35.5 Å². The van der Waals surface area contributed by atoms with Crippen LogP contribution in [0, 0.1) is 0 Å².